The van der Waals surface area contributed by atoms with E-state index in [-0.39, 0.29) is 5.69 Å². The molecule has 2 rings (SSSR count). The predicted octanol–water partition coefficient (Wildman–Crippen LogP) is 3.20. The zero-order valence-corrected chi connectivity index (χ0v) is 12.2. The predicted molar refractivity (Wildman–Crippen MR) is 80.6 cm³/mol. The van der Waals surface area contributed by atoms with Gasteiger partial charge in [0.15, 0.2) is 6.10 Å². The van der Waals surface area contributed by atoms with Gasteiger partial charge in [0.05, 0.1) is 12.0 Å². The molecule has 22 heavy (non-hydrogen) atoms. The molecule has 1 atom stereocenters. The smallest absolute Gasteiger partial charge is 0.346 e. The summed E-state index contributed by atoms with van der Waals surface area (Å²) >= 11 is 0. The lowest BCUT2D eigenvalue weighted by Gasteiger charge is -2.15. The lowest BCUT2D eigenvalue weighted by Crippen LogP contribution is -2.25. The molecule has 0 aromatic heterocycles. The Balaban J connectivity index is 2.38. The summed E-state index contributed by atoms with van der Waals surface area (Å²) in [6.07, 6.45) is -0.773. The molecule has 0 aliphatic heterocycles. The first-order valence-corrected chi connectivity index (χ1v) is 6.61. The van der Waals surface area contributed by atoms with Gasteiger partial charge in [-0.2, -0.15) is 0 Å². The van der Waals surface area contributed by atoms with Crippen LogP contribution in [-0.4, -0.2) is 24.1 Å². The van der Waals surface area contributed by atoms with E-state index < -0.39 is 17.0 Å². The van der Waals surface area contributed by atoms with Crippen molar-refractivity contribution in [2.24, 2.45) is 0 Å². The van der Waals surface area contributed by atoms with Crippen LogP contribution in [0.4, 0.5) is 5.69 Å². The number of non-ortho nitro benzene ring substituents is 1. The summed E-state index contributed by atoms with van der Waals surface area (Å²) in [5, 5.41) is 10.9. The Morgan fingerprint density at radius 2 is 1.91 bits per heavy atom. The summed E-state index contributed by atoms with van der Waals surface area (Å²) in [6, 6.07) is 13.3. The van der Waals surface area contributed by atoms with Crippen LogP contribution in [0.5, 0.6) is 5.75 Å². The Labute approximate surface area is 127 Å². The summed E-state index contributed by atoms with van der Waals surface area (Å²) < 4.78 is 10.2. The fourth-order valence-corrected chi connectivity index (χ4v) is 2.00. The largest absolute Gasteiger partial charge is 0.478 e. The van der Waals surface area contributed by atoms with Crippen molar-refractivity contribution in [2.75, 3.05) is 7.11 Å². The molecule has 0 fully saturated rings. The number of carbonyl (C=O) groups excluding carboxylic acids is 1. The summed E-state index contributed by atoms with van der Waals surface area (Å²) in [5.41, 5.74) is 1.30. The van der Waals surface area contributed by atoms with Crippen LogP contribution in [0.2, 0.25) is 0 Å². The molecule has 0 spiro atoms. The van der Waals surface area contributed by atoms with Crippen molar-refractivity contribution in [1.82, 2.24) is 0 Å². The second-order valence-corrected chi connectivity index (χ2v) is 4.59. The van der Waals surface area contributed by atoms with Crippen LogP contribution in [0.3, 0.4) is 0 Å². The van der Waals surface area contributed by atoms with Gasteiger partial charge >= 0.3 is 5.97 Å². The van der Waals surface area contributed by atoms with Crippen molar-refractivity contribution in [3.05, 3.63) is 58.6 Å². The number of nitro groups is 1. The number of nitro benzene ring substituents is 1. The standard InChI is InChI=1S/C16H15NO5/c1-11(16(18)21-2)22-15-9-4-3-8-14(15)12-6-5-7-13(10-12)17(19)20/h3-11H,1-2H3/t11-/m0/s1. The minimum Gasteiger partial charge on any atom is -0.478 e. The lowest BCUT2D eigenvalue weighted by atomic mass is 10.0. The summed E-state index contributed by atoms with van der Waals surface area (Å²) in [7, 11) is 1.29. The van der Waals surface area contributed by atoms with E-state index in [9.17, 15) is 14.9 Å². The van der Waals surface area contributed by atoms with E-state index in [0.29, 0.717) is 16.9 Å². The van der Waals surface area contributed by atoms with Crippen LogP contribution >= 0.6 is 0 Å². The summed E-state index contributed by atoms with van der Waals surface area (Å²) in [4.78, 5) is 21.9. The van der Waals surface area contributed by atoms with E-state index >= 15 is 0 Å². The second-order valence-electron chi connectivity index (χ2n) is 4.59. The molecule has 0 saturated heterocycles. The topological polar surface area (TPSA) is 78.7 Å². The van der Waals surface area contributed by atoms with E-state index in [1.807, 2.05) is 0 Å². The Hall–Kier alpha value is -2.89. The van der Waals surface area contributed by atoms with Gasteiger partial charge in [0, 0.05) is 17.7 Å². The third kappa shape index (κ3) is 3.41. The van der Waals surface area contributed by atoms with Crippen molar-refractivity contribution < 1.29 is 19.2 Å². The molecule has 2 aromatic rings. The minimum absolute atomic E-state index is 0.00619. The van der Waals surface area contributed by atoms with Gasteiger partial charge in [-0.1, -0.05) is 30.3 Å². The minimum atomic E-state index is -0.773. The number of esters is 1. The average Bonchev–Trinajstić information content (AvgIpc) is 2.54. The highest BCUT2D eigenvalue weighted by Crippen LogP contribution is 2.32. The SMILES string of the molecule is COC(=O)[C@H](C)Oc1ccccc1-c1cccc([N+](=O)[O-])c1. The van der Waals surface area contributed by atoms with Crippen molar-refractivity contribution in [3.63, 3.8) is 0 Å². The van der Waals surface area contributed by atoms with Crippen LogP contribution in [0.15, 0.2) is 48.5 Å². The fourth-order valence-electron chi connectivity index (χ4n) is 2.00. The normalized spacial score (nSPS) is 11.5. The zero-order chi connectivity index (χ0) is 16.1. The molecule has 0 radical (unpaired) electrons. The van der Waals surface area contributed by atoms with Gasteiger partial charge in [0.2, 0.25) is 0 Å². The first-order valence-electron chi connectivity index (χ1n) is 6.61. The zero-order valence-electron chi connectivity index (χ0n) is 12.2. The van der Waals surface area contributed by atoms with Crippen LogP contribution in [-0.2, 0) is 9.53 Å². The summed E-state index contributed by atoms with van der Waals surface area (Å²) in [5.74, 6) is -0.0326. The molecular weight excluding hydrogens is 286 g/mol. The molecule has 0 aliphatic carbocycles. The van der Waals surface area contributed by atoms with Gasteiger partial charge < -0.3 is 9.47 Å². The van der Waals surface area contributed by atoms with Gasteiger partial charge in [0.1, 0.15) is 5.75 Å². The lowest BCUT2D eigenvalue weighted by molar-refractivity contribution is -0.384. The van der Waals surface area contributed by atoms with Crippen molar-refractivity contribution in [1.29, 1.82) is 0 Å². The maximum absolute atomic E-state index is 11.5. The number of para-hydroxylation sites is 1. The molecule has 114 valence electrons. The number of hydrogen-bond acceptors (Lipinski definition) is 5. The molecule has 0 amide bonds. The molecule has 6 heteroatoms. The molecule has 0 bridgehead atoms. The van der Waals surface area contributed by atoms with E-state index in [2.05, 4.69) is 4.74 Å². The number of hydrogen-bond donors (Lipinski definition) is 0. The number of nitrogens with zero attached hydrogens (tertiary/aromatic N) is 1. The van der Waals surface area contributed by atoms with Gasteiger partial charge in [-0.15, -0.1) is 0 Å². The average molecular weight is 301 g/mol. The quantitative estimate of drug-likeness (QED) is 0.481. The monoisotopic (exact) mass is 301 g/mol. The van der Waals surface area contributed by atoms with E-state index in [4.69, 9.17) is 4.74 Å². The third-order valence-electron chi connectivity index (χ3n) is 3.09. The number of methoxy groups -OCH3 is 1. The fraction of sp³-hybridized carbons (Fsp3) is 0.188. The molecule has 6 nitrogen and oxygen atoms in total. The Morgan fingerprint density at radius 1 is 1.18 bits per heavy atom. The van der Waals surface area contributed by atoms with Gasteiger partial charge in [0.25, 0.3) is 5.69 Å². The Kier molecular flexibility index (Phi) is 4.73. The third-order valence-corrected chi connectivity index (χ3v) is 3.09. The second kappa shape index (κ2) is 6.71. The maximum Gasteiger partial charge on any atom is 0.346 e. The van der Waals surface area contributed by atoms with Gasteiger partial charge in [-0.25, -0.2) is 4.79 Å². The molecular formula is C16H15NO5. The van der Waals surface area contributed by atoms with Crippen molar-refractivity contribution in [2.45, 2.75) is 13.0 Å². The Bertz CT molecular complexity index is 698. The first kappa shape index (κ1) is 15.5. The number of rotatable bonds is 5. The van der Waals surface area contributed by atoms with Crippen molar-refractivity contribution >= 4 is 11.7 Å². The molecule has 2 aromatic carbocycles. The number of ether oxygens (including phenoxy) is 2. The molecule has 0 heterocycles. The van der Waals surface area contributed by atoms with Crippen molar-refractivity contribution in [3.8, 4) is 16.9 Å². The highest BCUT2D eigenvalue weighted by molar-refractivity contribution is 5.76. The van der Waals surface area contributed by atoms with E-state index in [1.54, 1.807) is 43.3 Å². The highest BCUT2D eigenvalue weighted by atomic mass is 16.6. The molecule has 0 unspecified atom stereocenters. The van der Waals surface area contributed by atoms with Crippen LogP contribution in [0, 0.1) is 10.1 Å². The maximum atomic E-state index is 11.5. The number of benzene rings is 2. The van der Waals surface area contributed by atoms with Crippen LogP contribution in [0.25, 0.3) is 11.1 Å². The van der Waals surface area contributed by atoms with E-state index in [0.717, 1.165) is 0 Å². The van der Waals surface area contributed by atoms with Gasteiger partial charge in [-0.05, 0) is 18.6 Å². The molecule has 0 aliphatic rings. The van der Waals surface area contributed by atoms with E-state index in [1.165, 1.54) is 19.2 Å². The van der Waals surface area contributed by atoms with Gasteiger partial charge in [-0.3, -0.25) is 10.1 Å². The first-order chi connectivity index (χ1) is 10.5. The molecule has 0 saturated carbocycles. The summed E-state index contributed by atoms with van der Waals surface area (Å²) in [6.45, 7) is 1.58. The molecule has 0 N–H and O–H groups in total. The highest BCUT2D eigenvalue weighted by Gasteiger charge is 2.17. The Morgan fingerprint density at radius 3 is 2.59 bits per heavy atom. The van der Waals surface area contributed by atoms with Crippen LogP contribution in [0.1, 0.15) is 6.92 Å². The number of carbonyl (C=O) groups is 1. The van der Waals surface area contributed by atoms with Crippen LogP contribution < -0.4 is 4.74 Å².